The van der Waals surface area contributed by atoms with E-state index in [-0.39, 0.29) is 0 Å². The van der Waals surface area contributed by atoms with Gasteiger partial charge in [0.05, 0.1) is 0 Å². The summed E-state index contributed by atoms with van der Waals surface area (Å²) in [5.41, 5.74) is 0. The molecule has 0 saturated carbocycles. The Morgan fingerprint density at radius 1 is 1.38 bits per heavy atom. The quantitative estimate of drug-likeness (QED) is 0.639. The largest absolute Gasteiger partial charge is 0.356 e. The highest BCUT2D eigenvalue weighted by atomic mass is 16.1. The van der Waals surface area contributed by atoms with Crippen LogP contribution in [0.15, 0.2) is 18.3 Å². The van der Waals surface area contributed by atoms with Crippen LogP contribution in [0.25, 0.3) is 0 Å². The maximum Gasteiger partial charge on any atom is 0.136 e. The summed E-state index contributed by atoms with van der Waals surface area (Å²) in [6, 6.07) is 6.65. The minimum Gasteiger partial charge on any atom is -0.356 e. The van der Waals surface area contributed by atoms with Crippen LogP contribution in [0.4, 0.5) is 5.82 Å². The number of ketones is 1. The first-order chi connectivity index (χ1) is 6.36. The van der Waals surface area contributed by atoms with Gasteiger partial charge in [0.15, 0.2) is 0 Å². The van der Waals surface area contributed by atoms with Crippen LogP contribution >= 0.6 is 0 Å². The molecule has 0 unspecified atom stereocenters. The molecule has 1 radical (unpaired) electrons. The highest BCUT2D eigenvalue weighted by Crippen LogP contribution is 2.14. The van der Waals surface area contributed by atoms with Gasteiger partial charge >= 0.3 is 0 Å². The summed E-state index contributed by atoms with van der Waals surface area (Å²) in [5, 5.41) is 0. The monoisotopic (exact) mass is 175 g/mol. The maximum absolute atomic E-state index is 11.0. The third kappa shape index (κ3) is 1.86. The van der Waals surface area contributed by atoms with Crippen molar-refractivity contribution in [1.82, 2.24) is 4.98 Å². The van der Waals surface area contributed by atoms with Crippen molar-refractivity contribution in [3.63, 3.8) is 0 Å². The van der Waals surface area contributed by atoms with Gasteiger partial charge in [-0.15, -0.1) is 0 Å². The first kappa shape index (κ1) is 8.23. The van der Waals surface area contributed by atoms with Crippen LogP contribution in [0.5, 0.6) is 0 Å². The molecular formula is C10H11N2O. The Labute approximate surface area is 77.4 Å². The summed E-state index contributed by atoms with van der Waals surface area (Å²) in [6.45, 7) is 1.60. The van der Waals surface area contributed by atoms with Gasteiger partial charge < -0.3 is 4.90 Å². The zero-order valence-electron chi connectivity index (χ0n) is 7.36. The fourth-order valence-electron chi connectivity index (χ4n) is 1.48. The molecule has 3 heteroatoms. The number of anilines is 1. The van der Waals surface area contributed by atoms with Gasteiger partial charge in [-0.1, -0.05) is 0 Å². The summed E-state index contributed by atoms with van der Waals surface area (Å²) in [5.74, 6) is 1.31. The molecule has 2 rings (SSSR count). The van der Waals surface area contributed by atoms with Crippen molar-refractivity contribution in [3.8, 4) is 0 Å². The fourth-order valence-corrected chi connectivity index (χ4v) is 1.48. The van der Waals surface area contributed by atoms with Gasteiger partial charge in [0.25, 0.3) is 0 Å². The number of hydrogen-bond donors (Lipinski definition) is 0. The number of pyridine rings is 1. The van der Waals surface area contributed by atoms with Gasteiger partial charge in [-0.05, 0) is 12.1 Å². The third-order valence-electron chi connectivity index (χ3n) is 2.25. The lowest BCUT2D eigenvalue weighted by atomic mass is 10.1. The highest BCUT2D eigenvalue weighted by Gasteiger charge is 2.16. The third-order valence-corrected chi connectivity index (χ3v) is 2.25. The van der Waals surface area contributed by atoms with Crippen molar-refractivity contribution >= 4 is 11.6 Å². The molecule has 13 heavy (non-hydrogen) atoms. The molecule has 1 saturated heterocycles. The number of aromatic nitrogens is 1. The van der Waals surface area contributed by atoms with Gasteiger partial charge in [0.2, 0.25) is 0 Å². The van der Waals surface area contributed by atoms with Gasteiger partial charge in [-0.3, -0.25) is 4.79 Å². The maximum atomic E-state index is 11.0. The van der Waals surface area contributed by atoms with Gasteiger partial charge in [-0.2, -0.15) is 0 Å². The smallest absolute Gasteiger partial charge is 0.136 e. The molecule has 1 aliphatic heterocycles. The predicted octanol–water partition coefficient (Wildman–Crippen LogP) is 1.05. The summed E-state index contributed by atoms with van der Waals surface area (Å²) in [7, 11) is 0. The minimum atomic E-state index is 0.360. The molecule has 0 aliphatic carbocycles. The summed E-state index contributed by atoms with van der Waals surface area (Å²) in [4.78, 5) is 17.3. The molecule has 0 amide bonds. The fraction of sp³-hybridized carbons (Fsp3) is 0.400. The second-order valence-electron chi connectivity index (χ2n) is 3.14. The molecule has 0 aromatic carbocycles. The SMILES string of the molecule is O=C1CCN(c2cc[c]cn2)CC1. The van der Waals surface area contributed by atoms with Crippen LogP contribution in [0.1, 0.15) is 12.8 Å². The van der Waals surface area contributed by atoms with Crippen molar-refractivity contribution in [2.24, 2.45) is 0 Å². The summed E-state index contributed by atoms with van der Waals surface area (Å²) >= 11 is 0. The summed E-state index contributed by atoms with van der Waals surface area (Å²) < 4.78 is 0. The van der Waals surface area contributed by atoms with E-state index in [4.69, 9.17) is 0 Å². The van der Waals surface area contributed by atoms with Crippen molar-refractivity contribution in [1.29, 1.82) is 0 Å². The molecule has 0 bridgehead atoms. The molecular weight excluding hydrogens is 164 g/mol. The van der Waals surface area contributed by atoms with Crippen LogP contribution in [0.2, 0.25) is 0 Å². The molecule has 2 heterocycles. The van der Waals surface area contributed by atoms with Gasteiger partial charge in [0, 0.05) is 38.2 Å². The van der Waals surface area contributed by atoms with E-state index in [9.17, 15) is 4.79 Å². The zero-order chi connectivity index (χ0) is 9.10. The van der Waals surface area contributed by atoms with E-state index in [1.54, 1.807) is 6.20 Å². The van der Waals surface area contributed by atoms with E-state index in [0.29, 0.717) is 18.6 Å². The Morgan fingerprint density at radius 3 is 2.77 bits per heavy atom. The van der Waals surface area contributed by atoms with Crippen molar-refractivity contribution in [2.75, 3.05) is 18.0 Å². The Bertz CT molecular complexity index is 287. The predicted molar refractivity (Wildman–Crippen MR) is 49.5 cm³/mol. The number of rotatable bonds is 1. The van der Waals surface area contributed by atoms with Crippen LogP contribution < -0.4 is 4.90 Å². The van der Waals surface area contributed by atoms with Crippen LogP contribution in [-0.4, -0.2) is 23.9 Å². The first-order valence-corrected chi connectivity index (χ1v) is 4.45. The summed E-state index contributed by atoms with van der Waals surface area (Å²) in [6.07, 6.45) is 2.96. The van der Waals surface area contributed by atoms with Crippen LogP contribution in [-0.2, 0) is 4.79 Å². The highest BCUT2D eigenvalue weighted by molar-refractivity contribution is 5.80. The Balaban J connectivity index is 2.07. The topological polar surface area (TPSA) is 33.2 Å². The molecule has 1 fully saturated rings. The first-order valence-electron chi connectivity index (χ1n) is 4.45. The Morgan fingerprint density at radius 2 is 2.15 bits per heavy atom. The van der Waals surface area contributed by atoms with Crippen molar-refractivity contribution < 1.29 is 4.79 Å². The van der Waals surface area contributed by atoms with Crippen molar-refractivity contribution in [3.05, 3.63) is 24.4 Å². The molecule has 1 aromatic heterocycles. The van der Waals surface area contributed by atoms with E-state index in [1.807, 2.05) is 12.1 Å². The molecule has 1 aliphatic rings. The number of carbonyl (C=O) groups excluding carboxylic acids is 1. The molecule has 0 N–H and O–H groups in total. The number of piperidine rings is 1. The lowest BCUT2D eigenvalue weighted by Gasteiger charge is -2.26. The lowest BCUT2D eigenvalue weighted by Crippen LogP contribution is -2.34. The molecule has 67 valence electrons. The lowest BCUT2D eigenvalue weighted by molar-refractivity contribution is -0.119. The van der Waals surface area contributed by atoms with Crippen LogP contribution in [0.3, 0.4) is 0 Å². The number of nitrogens with zero attached hydrogens (tertiary/aromatic N) is 2. The number of Topliss-reactive ketones (excluding diaryl/α,β-unsaturated/α-hetero) is 1. The second kappa shape index (κ2) is 3.56. The van der Waals surface area contributed by atoms with Crippen molar-refractivity contribution in [2.45, 2.75) is 12.8 Å². The van der Waals surface area contributed by atoms with Gasteiger partial charge in [-0.25, -0.2) is 4.98 Å². The van der Waals surface area contributed by atoms with E-state index in [0.717, 1.165) is 18.9 Å². The molecule has 3 nitrogen and oxygen atoms in total. The van der Waals surface area contributed by atoms with E-state index < -0.39 is 0 Å². The number of hydrogen-bond acceptors (Lipinski definition) is 3. The average Bonchev–Trinajstić information content (AvgIpc) is 2.20. The minimum absolute atomic E-state index is 0.360. The van der Waals surface area contributed by atoms with E-state index in [2.05, 4.69) is 16.0 Å². The molecule has 0 atom stereocenters. The average molecular weight is 175 g/mol. The van der Waals surface area contributed by atoms with E-state index >= 15 is 0 Å². The zero-order valence-corrected chi connectivity index (χ0v) is 7.36. The normalized spacial score (nSPS) is 17.5. The van der Waals surface area contributed by atoms with Gasteiger partial charge in [0.1, 0.15) is 11.6 Å². The number of carbonyl (C=O) groups is 1. The Hall–Kier alpha value is -1.38. The van der Waals surface area contributed by atoms with E-state index in [1.165, 1.54) is 0 Å². The standard InChI is InChI=1S/C10H11N2O/c13-9-4-7-12(8-5-9)10-3-1-2-6-11-10/h1,3,6H,4-5,7-8H2. The Kier molecular flexibility index (Phi) is 2.25. The second-order valence-corrected chi connectivity index (χ2v) is 3.14. The molecule has 1 aromatic rings. The molecule has 0 spiro atoms. The van der Waals surface area contributed by atoms with Crippen LogP contribution in [0, 0.1) is 6.07 Å².